The Hall–Kier alpha value is -2.67. The molecule has 22 heavy (non-hydrogen) atoms. The summed E-state index contributed by atoms with van der Waals surface area (Å²) in [6, 6.07) is 8.54. The number of nitrogens with zero attached hydrogens (tertiary/aromatic N) is 1. The fourth-order valence-corrected chi connectivity index (χ4v) is 1.93. The summed E-state index contributed by atoms with van der Waals surface area (Å²) in [7, 11) is 0. The van der Waals surface area contributed by atoms with Crippen molar-refractivity contribution in [2.75, 3.05) is 23.7 Å². The molecule has 0 aliphatic rings. The molecule has 116 valence electrons. The van der Waals surface area contributed by atoms with Gasteiger partial charge >= 0.3 is 0 Å². The van der Waals surface area contributed by atoms with E-state index in [4.69, 9.17) is 11.5 Å². The van der Waals surface area contributed by atoms with Gasteiger partial charge in [0.15, 0.2) is 11.6 Å². The highest BCUT2D eigenvalue weighted by molar-refractivity contribution is 5.98. The molecule has 6 N–H and O–H groups in total. The number of aryl methyl sites for hydroxylation is 1. The van der Waals surface area contributed by atoms with E-state index in [1.807, 2.05) is 31.2 Å². The van der Waals surface area contributed by atoms with Crippen LogP contribution in [-0.4, -0.2) is 24.0 Å². The number of benzene rings is 1. The maximum Gasteiger partial charge on any atom is 0.252 e. The van der Waals surface area contributed by atoms with Crippen LogP contribution in [0.15, 0.2) is 30.3 Å². The number of amides is 1. The smallest absolute Gasteiger partial charge is 0.252 e. The lowest BCUT2D eigenvalue weighted by molar-refractivity contribution is 0.100. The van der Waals surface area contributed by atoms with Crippen molar-refractivity contribution in [3.63, 3.8) is 0 Å². The van der Waals surface area contributed by atoms with Gasteiger partial charge in [-0.15, -0.1) is 0 Å². The van der Waals surface area contributed by atoms with Crippen molar-refractivity contribution in [3.8, 4) is 0 Å². The monoisotopic (exact) mass is 303 g/mol. The average Bonchev–Trinajstić information content (AvgIpc) is 2.49. The van der Waals surface area contributed by atoms with Gasteiger partial charge in [-0.1, -0.05) is 18.2 Å². The van der Waals surface area contributed by atoms with Crippen LogP contribution in [-0.2, 0) is 0 Å². The Kier molecular flexibility index (Phi) is 4.90. The fourth-order valence-electron chi connectivity index (χ4n) is 1.93. The van der Waals surface area contributed by atoms with Crippen molar-refractivity contribution in [1.82, 2.24) is 4.98 Å². The third kappa shape index (κ3) is 3.50. The minimum atomic E-state index is -0.757. The number of nitrogens with two attached hydrogens (primary N) is 2. The van der Waals surface area contributed by atoms with Crippen LogP contribution < -0.4 is 22.1 Å². The Bertz CT molecular complexity index is 690. The Morgan fingerprint density at radius 3 is 2.68 bits per heavy atom. The van der Waals surface area contributed by atoms with Crippen molar-refractivity contribution < 1.29 is 9.18 Å². The van der Waals surface area contributed by atoms with Gasteiger partial charge in [-0.05, 0) is 24.6 Å². The molecule has 6 nitrogen and oxygen atoms in total. The Morgan fingerprint density at radius 1 is 1.32 bits per heavy atom. The van der Waals surface area contributed by atoms with Crippen molar-refractivity contribution in [2.24, 2.45) is 11.5 Å². The molecule has 1 heterocycles. The molecule has 0 aliphatic heterocycles. The molecule has 0 fully saturated rings. The summed E-state index contributed by atoms with van der Waals surface area (Å²) >= 11 is 0. The molecule has 7 heteroatoms. The van der Waals surface area contributed by atoms with Gasteiger partial charge in [0.2, 0.25) is 0 Å². The summed E-state index contributed by atoms with van der Waals surface area (Å²) < 4.78 is 13.9. The summed E-state index contributed by atoms with van der Waals surface area (Å²) in [6.45, 7) is 2.60. The van der Waals surface area contributed by atoms with Crippen LogP contribution in [0.5, 0.6) is 0 Å². The molecule has 0 saturated carbocycles. The largest absolute Gasteiger partial charge is 0.366 e. The second-order valence-electron chi connectivity index (χ2n) is 4.73. The van der Waals surface area contributed by atoms with Gasteiger partial charge in [-0.3, -0.25) is 4.79 Å². The molecule has 1 aromatic carbocycles. The number of aromatic nitrogens is 1. The van der Waals surface area contributed by atoms with Crippen LogP contribution in [0.25, 0.3) is 0 Å². The molecule has 0 bridgehead atoms. The van der Waals surface area contributed by atoms with Crippen LogP contribution in [0.4, 0.5) is 21.7 Å². The SMILES string of the molecule is Cc1ccccc1Nc1nc(NCCN)c(F)cc1C(N)=O. The molecule has 2 rings (SSSR count). The minimum Gasteiger partial charge on any atom is -0.366 e. The highest BCUT2D eigenvalue weighted by Gasteiger charge is 2.16. The first-order chi connectivity index (χ1) is 10.5. The Morgan fingerprint density at radius 2 is 2.05 bits per heavy atom. The molecule has 0 unspecified atom stereocenters. The van der Waals surface area contributed by atoms with Gasteiger partial charge < -0.3 is 22.1 Å². The lowest BCUT2D eigenvalue weighted by Gasteiger charge is -2.14. The summed E-state index contributed by atoms with van der Waals surface area (Å²) in [6.07, 6.45) is 0. The molecular formula is C15H18FN5O. The van der Waals surface area contributed by atoms with Gasteiger partial charge in [0, 0.05) is 18.8 Å². The van der Waals surface area contributed by atoms with E-state index in [9.17, 15) is 9.18 Å². The van der Waals surface area contributed by atoms with E-state index < -0.39 is 11.7 Å². The quantitative estimate of drug-likeness (QED) is 0.650. The number of halogens is 1. The number of primary amides is 1. The second kappa shape index (κ2) is 6.86. The first kappa shape index (κ1) is 15.7. The number of rotatable bonds is 6. The molecule has 0 radical (unpaired) electrons. The normalized spacial score (nSPS) is 10.3. The zero-order valence-corrected chi connectivity index (χ0v) is 12.2. The summed E-state index contributed by atoms with van der Waals surface area (Å²) in [4.78, 5) is 15.6. The van der Waals surface area contributed by atoms with Gasteiger partial charge in [-0.25, -0.2) is 9.37 Å². The standard InChI is InChI=1S/C15H18FN5O/c1-9-4-2-3-5-12(9)20-14-10(13(18)22)8-11(16)15(21-14)19-7-6-17/h2-5,8H,6-7,17H2,1H3,(H2,18,22)(H2,19,20,21). The zero-order valence-electron chi connectivity index (χ0n) is 12.2. The average molecular weight is 303 g/mol. The maximum atomic E-state index is 13.9. The molecule has 1 aromatic heterocycles. The third-order valence-electron chi connectivity index (χ3n) is 3.08. The van der Waals surface area contributed by atoms with Crippen molar-refractivity contribution in [3.05, 3.63) is 47.3 Å². The van der Waals surface area contributed by atoms with Crippen LogP contribution >= 0.6 is 0 Å². The van der Waals surface area contributed by atoms with E-state index in [-0.39, 0.29) is 17.2 Å². The number of carbonyl (C=O) groups excluding carboxylic acids is 1. The molecule has 1 amide bonds. The first-order valence-electron chi connectivity index (χ1n) is 6.80. The van der Waals surface area contributed by atoms with Crippen molar-refractivity contribution in [1.29, 1.82) is 0 Å². The Labute approximate surface area is 127 Å². The maximum absolute atomic E-state index is 13.9. The van der Waals surface area contributed by atoms with Crippen LogP contribution in [0, 0.1) is 12.7 Å². The third-order valence-corrected chi connectivity index (χ3v) is 3.08. The summed E-state index contributed by atoms with van der Waals surface area (Å²) in [5, 5.41) is 5.78. The lowest BCUT2D eigenvalue weighted by atomic mass is 10.2. The number of para-hydroxylation sites is 1. The van der Waals surface area contributed by atoms with E-state index in [0.717, 1.165) is 17.3 Å². The van der Waals surface area contributed by atoms with Gasteiger partial charge in [-0.2, -0.15) is 0 Å². The van der Waals surface area contributed by atoms with Crippen molar-refractivity contribution in [2.45, 2.75) is 6.92 Å². The van der Waals surface area contributed by atoms with Gasteiger partial charge in [0.25, 0.3) is 5.91 Å². The van der Waals surface area contributed by atoms with Crippen LogP contribution in [0.2, 0.25) is 0 Å². The predicted molar refractivity (Wildman–Crippen MR) is 84.7 cm³/mol. The summed E-state index contributed by atoms with van der Waals surface area (Å²) in [5.41, 5.74) is 12.4. The number of hydrogen-bond donors (Lipinski definition) is 4. The Balaban J connectivity index is 2.43. The van der Waals surface area contributed by atoms with E-state index in [0.29, 0.717) is 13.1 Å². The number of carbonyl (C=O) groups is 1. The van der Waals surface area contributed by atoms with Crippen LogP contribution in [0.3, 0.4) is 0 Å². The number of nitrogens with one attached hydrogen (secondary N) is 2. The second-order valence-corrected chi connectivity index (χ2v) is 4.73. The molecule has 0 aliphatic carbocycles. The van der Waals surface area contributed by atoms with E-state index in [1.54, 1.807) is 0 Å². The lowest BCUT2D eigenvalue weighted by Crippen LogP contribution is -2.18. The molecule has 2 aromatic rings. The molecular weight excluding hydrogens is 285 g/mol. The van der Waals surface area contributed by atoms with Gasteiger partial charge in [0.05, 0.1) is 5.56 Å². The van der Waals surface area contributed by atoms with Crippen LogP contribution in [0.1, 0.15) is 15.9 Å². The zero-order chi connectivity index (χ0) is 16.1. The van der Waals surface area contributed by atoms with E-state index in [2.05, 4.69) is 15.6 Å². The first-order valence-corrected chi connectivity index (χ1v) is 6.80. The number of pyridine rings is 1. The van der Waals surface area contributed by atoms with E-state index >= 15 is 0 Å². The number of hydrogen-bond acceptors (Lipinski definition) is 5. The topological polar surface area (TPSA) is 106 Å². The summed E-state index contributed by atoms with van der Waals surface area (Å²) in [5.74, 6) is -1.19. The molecule has 0 saturated heterocycles. The van der Waals surface area contributed by atoms with Gasteiger partial charge in [0.1, 0.15) is 5.82 Å². The highest BCUT2D eigenvalue weighted by atomic mass is 19.1. The molecule has 0 spiro atoms. The predicted octanol–water partition coefficient (Wildman–Crippen LogP) is 1.74. The minimum absolute atomic E-state index is 0.0148. The number of anilines is 3. The fraction of sp³-hybridized carbons (Fsp3) is 0.200. The van der Waals surface area contributed by atoms with Crippen molar-refractivity contribution >= 4 is 23.2 Å². The highest BCUT2D eigenvalue weighted by Crippen LogP contribution is 2.25. The van der Waals surface area contributed by atoms with E-state index in [1.165, 1.54) is 0 Å². The molecule has 0 atom stereocenters.